The maximum Gasteiger partial charge on any atom is 0.435 e. The minimum absolute atomic E-state index is 0.0714. The highest BCUT2D eigenvalue weighted by atomic mass is 35.5. The van der Waals surface area contributed by atoms with Crippen LogP contribution >= 0.6 is 11.6 Å². The van der Waals surface area contributed by atoms with E-state index in [1.807, 2.05) is 0 Å². The molecular formula is C18H11ClF3N3O2S. The van der Waals surface area contributed by atoms with Gasteiger partial charge in [0.05, 0.1) is 16.1 Å². The molecule has 0 aliphatic heterocycles. The van der Waals surface area contributed by atoms with E-state index in [2.05, 4.69) is 5.10 Å². The van der Waals surface area contributed by atoms with Crippen LogP contribution in [0.25, 0.3) is 27.4 Å². The number of rotatable bonds is 2. The summed E-state index contributed by atoms with van der Waals surface area (Å²) in [6, 6.07) is 12.9. The van der Waals surface area contributed by atoms with E-state index in [0.29, 0.717) is 15.8 Å². The van der Waals surface area contributed by atoms with Crippen molar-refractivity contribution in [3.05, 3.63) is 65.3 Å². The Morgan fingerprint density at radius 2 is 1.61 bits per heavy atom. The van der Waals surface area contributed by atoms with E-state index in [-0.39, 0.29) is 21.5 Å². The van der Waals surface area contributed by atoms with Gasteiger partial charge in [0.15, 0.2) is 5.69 Å². The topological polar surface area (TPSA) is 78.0 Å². The predicted octanol–water partition coefficient (Wildman–Crippen LogP) is 4.50. The lowest BCUT2D eigenvalue weighted by atomic mass is 10.1. The summed E-state index contributed by atoms with van der Waals surface area (Å²) < 4.78 is 64.6. The van der Waals surface area contributed by atoms with Crippen LogP contribution in [0, 0.1) is 0 Å². The molecule has 0 unspecified atom stereocenters. The van der Waals surface area contributed by atoms with Crippen LogP contribution in [0.1, 0.15) is 5.69 Å². The van der Waals surface area contributed by atoms with Crippen molar-refractivity contribution in [3.8, 4) is 5.69 Å². The predicted molar refractivity (Wildman–Crippen MR) is 100.0 cm³/mol. The third-order valence-electron chi connectivity index (χ3n) is 4.30. The fourth-order valence-electron chi connectivity index (χ4n) is 3.08. The molecule has 144 valence electrons. The minimum atomic E-state index is -4.66. The summed E-state index contributed by atoms with van der Waals surface area (Å²) in [7, 11) is -3.93. The van der Waals surface area contributed by atoms with Gasteiger partial charge in [-0.25, -0.2) is 18.2 Å². The highest BCUT2D eigenvalue weighted by molar-refractivity contribution is 7.89. The summed E-state index contributed by atoms with van der Waals surface area (Å²) in [6.07, 6.45) is -4.66. The van der Waals surface area contributed by atoms with E-state index in [9.17, 15) is 21.6 Å². The van der Waals surface area contributed by atoms with Gasteiger partial charge in [0.2, 0.25) is 10.0 Å². The molecule has 28 heavy (non-hydrogen) atoms. The van der Waals surface area contributed by atoms with Crippen LogP contribution in [0.15, 0.2) is 59.5 Å². The summed E-state index contributed by atoms with van der Waals surface area (Å²) in [4.78, 5) is -0.152. The van der Waals surface area contributed by atoms with Crippen molar-refractivity contribution in [2.24, 2.45) is 5.14 Å². The lowest BCUT2D eigenvalue weighted by molar-refractivity contribution is -0.140. The Labute approximate surface area is 162 Å². The first-order valence-corrected chi connectivity index (χ1v) is 9.79. The van der Waals surface area contributed by atoms with Gasteiger partial charge in [-0.2, -0.15) is 18.3 Å². The van der Waals surface area contributed by atoms with Crippen molar-refractivity contribution in [1.82, 2.24) is 9.78 Å². The second-order valence-electron chi connectivity index (χ2n) is 6.12. The summed E-state index contributed by atoms with van der Waals surface area (Å²) in [5, 5.41) is 10.4. The number of halogens is 4. The van der Waals surface area contributed by atoms with Gasteiger partial charge >= 0.3 is 6.18 Å². The molecule has 0 aliphatic rings. The van der Waals surface area contributed by atoms with Crippen molar-refractivity contribution in [2.45, 2.75) is 11.1 Å². The van der Waals surface area contributed by atoms with Crippen LogP contribution in [0.2, 0.25) is 5.02 Å². The van der Waals surface area contributed by atoms with Crippen LogP contribution < -0.4 is 5.14 Å². The van der Waals surface area contributed by atoms with Crippen LogP contribution in [0.3, 0.4) is 0 Å². The molecule has 10 heteroatoms. The molecule has 4 rings (SSSR count). The van der Waals surface area contributed by atoms with E-state index in [4.69, 9.17) is 16.7 Å². The molecule has 1 aromatic heterocycles. The van der Waals surface area contributed by atoms with Crippen molar-refractivity contribution in [1.29, 1.82) is 0 Å². The van der Waals surface area contributed by atoms with Gasteiger partial charge in [0, 0.05) is 15.8 Å². The summed E-state index contributed by atoms with van der Waals surface area (Å²) in [5.74, 6) is 0. The number of hydrogen-bond acceptors (Lipinski definition) is 3. The Kier molecular flexibility index (Phi) is 4.14. The number of nitrogens with zero attached hydrogens (tertiary/aromatic N) is 2. The molecule has 2 N–H and O–H groups in total. The summed E-state index contributed by atoms with van der Waals surface area (Å²) in [6.45, 7) is 0. The zero-order chi connectivity index (χ0) is 20.3. The van der Waals surface area contributed by atoms with Gasteiger partial charge < -0.3 is 0 Å². The largest absolute Gasteiger partial charge is 0.435 e. The first-order chi connectivity index (χ1) is 13.1. The molecule has 0 aliphatic carbocycles. The molecule has 5 nitrogen and oxygen atoms in total. The molecule has 1 heterocycles. The van der Waals surface area contributed by atoms with Gasteiger partial charge in [0.1, 0.15) is 0 Å². The third kappa shape index (κ3) is 3.11. The second-order valence-corrected chi connectivity index (χ2v) is 8.12. The van der Waals surface area contributed by atoms with Gasteiger partial charge in [0.25, 0.3) is 0 Å². The number of benzene rings is 3. The SMILES string of the molecule is NS(=O)(=O)c1ccc(-n2nc(C(F)(F)F)c3ccc4cc(Cl)ccc4c32)cc1. The monoisotopic (exact) mass is 425 g/mol. The molecule has 0 fully saturated rings. The van der Waals surface area contributed by atoms with Gasteiger partial charge in [-0.05, 0) is 47.9 Å². The second kappa shape index (κ2) is 6.20. The average molecular weight is 426 g/mol. The summed E-state index contributed by atoms with van der Waals surface area (Å²) >= 11 is 5.99. The van der Waals surface area contributed by atoms with Crippen molar-refractivity contribution in [3.63, 3.8) is 0 Å². The molecule has 0 atom stereocenters. The van der Waals surface area contributed by atoms with E-state index in [1.165, 1.54) is 30.3 Å². The standard InChI is InChI=1S/C18H11ClF3N3O2S/c19-11-2-8-14-10(9-11)1-7-15-16(14)25(24-17(15)18(20,21)22)12-3-5-13(6-4-12)28(23,26)27/h1-9H,(H2,23,26,27). The summed E-state index contributed by atoms with van der Waals surface area (Å²) in [5.41, 5.74) is -0.532. The fraction of sp³-hybridized carbons (Fsp3) is 0.0556. The minimum Gasteiger partial charge on any atom is -0.232 e. The van der Waals surface area contributed by atoms with Crippen molar-refractivity contribution in [2.75, 3.05) is 0 Å². The quantitative estimate of drug-likeness (QED) is 0.513. The Morgan fingerprint density at radius 3 is 2.21 bits per heavy atom. The lowest BCUT2D eigenvalue weighted by Gasteiger charge is -2.07. The van der Waals surface area contributed by atoms with Gasteiger partial charge in [-0.15, -0.1) is 0 Å². The number of primary sulfonamides is 1. The number of fused-ring (bicyclic) bond motifs is 3. The fourth-order valence-corrected chi connectivity index (χ4v) is 3.78. The normalized spacial score (nSPS) is 12.8. The number of alkyl halides is 3. The number of hydrogen-bond donors (Lipinski definition) is 1. The Hall–Kier alpha value is -2.62. The molecule has 0 saturated carbocycles. The Morgan fingerprint density at radius 1 is 0.964 bits per heavy atom. The van der Waals surface area contributed by atoms with Gasteiger partial charge in [-0.1, -0.05) is 23.7 Å². The van der Waals surface area contributed by atoms with Crippen molar-refractivity contribution < 1.29 is 21.6 Å². The van der Waals surface area contributed by atoms with Crippen molar-refractivity contribution >= 4 is 43.3 Å². The van der Waals surface area contributed by atoms with Gasteiger partial charge in [-0.3, -0.25) is 0 Å². The third-order valence-corrected chi connectivity index (χ3v) is 5.46. The maximum absolute atomic E-state index is 13.5. The van der Waals surface area contributed by atoms with Crippen LogP contribution in [0.5, 0.6) is 0 Å². The van der Waals surface area contributed by atoms with E-state index in [0.717, 1.165) is 4.68 Å². The number of sulfonamides is 1. The molecule has 3 aromatic carbocycles. The van der Waals surface area contributed by atoms with E-state index in [1.54, 1.807) is 24.3 Å². The molecule has 0 spiro atoms. The number of aromatic nitrogens is 2. The molecule has 0 saturated heterocycles. The average Bonchev–Trinajstić information content (AvgIpc) is 3.01. The maximum atomic E-state index is 13.5. The molecule has 0 radical (unpaired) electrons. The molecule has 0 amide bonds. The Balaban J connectivity index is 2.07. The number of nitrogens with two attached hydrogens (primary N) is 1. The van der Waals surface area contributed by atoms with Crippen LogP contribution in [-0.4, -0.2) is 18.2 Å². The van der Waals surface area contributed by atoms with E-state index < -0.39 is 21.9 Å². The zero-order valence-corrected chi connectivity index (χ0v) is 15.5. The first-order valence-electron chi connectivity index (χ1n) is 7.87. The Bertz CT molecular complexity index is 1330. The molecule has 0 bridgehead atoms. The highest BCUT2D eigenvalue weighted by Gasteiger charge is 2.37. The van der Waals surface area contributed by atoms with Crippen LogP contribution in [-0.2, 0) is 16.2 Å². The first kappa shape index (κ1) is 18.7. The molecular weight excluding hydrogens is 415 g/mol. The zero-order valence-electron chi connectivity index (χ0n) is 13.9. The smallest absolute Gasteiger partial charge is 0.232 e. The van der Waals surface area contributed by atoms with E-state index >= 15 is 0 Å². The highest BCUT2D eigenvalue weighted by Crippen LogP contribution is 2.38. The van der Waals surface area contributed by atoms with Crippen LogP contribution in [0.4, 0.5) is 13.2 Å². The lowest BCUT2D eigenvalue weighted by Crippen LogP contribution is -2.12. The molecule has 4 aromatic rings.